The maximum Gasteiger partial charge on any atom is 0.320 e. The molecule has 0 spiro atoms. The minimum Gasteiger partial charge on any atom is -0.506 e. The number of hydrogen-bond donors (Lipinski definition) is 3. The fraction of sp³-hybridized carbons (Fsp3) is 0.500. The topological polar surface area (TPSA) is 106 Å². The molecule has 0 aromatic carbocycles. The standard InChI is InChI=1S/C12H18N2O4/c1-8(15)11-10(16)5-7-14(11)6-3-2-4-9(13)12(17)18/h5,7,9,16H,2-4,6,13H2,1H3,(H,17,18). The minimum absolute atomic E-state index is 0.0234. The fourth-order valence-corrected chi connectivity index (χ4v) is 1.80. The summed E-state index contributed by atoms with van der Waals surface area (Å²) in [6, 6.07) is 0.634. The summed E-state index contributed by atoms with van der Waals surface area (Å²) < 4.78 is 1.67. The number of aliphatic carboxylic acids is 1. The van der Waals surface area contributed by atoms with Gasteiger partial charge >= 0.3 is 5.97 Å². The van der Waals surface area contributed by atoms with E-state index in [0.29, 0.717) is 25.8 Å². The molecule has 4 N–H and O–H groups in total. The van der Waals surface area contributed by atoms with Crippen LogP contribution in [0, 0.1) is 0 Å². The molecule has 0 saturated heterocycles. The van der Waals surface area contributed by atoms with Gasteiger partial charge in [-0.05, 0) is 25.3 Å². The third-order valence-corrected chi connectivity index (χ3v) is 2.76. The smallest absolute Gasteiger partial charge is 0.320 e. The zero-order valence-electron chi connectivity index (χ0n) is 10.3. The first-order valence-corrected chi connectivity index (χ1v) is 5.81. The van der Waals surface area contributed by atoms with Crippen LogP contribution in [0.15, 0.2) is 12.3 Å². The van der Waals surface area contributed by atoms with E-state index in [1.54, 1.807) is 10.8 Å². The molecule has 0 aliphatic carbocycles. The Morgan fingerprint density at radius 2 is 2.11 bits per heavy atom. The molecule has 1 atom stereocenters. The Bertz CT molecular complexity index is 439. The summed E-state index contributed by atoms with van der Waals surface area (Å²) in [6.45, 7) is 1.95. The Labute approximate surface area is 105 Å². The number of ketones is 1. The van der Waals surface area contributed by atoms with Gasteiger partial charge in [-0.25, -0.2) is 0 Å². The minimum atomic E-state index is -1.00. The number of aryl methyl sites for hydroxylation is 1. The van der Waals surface area contributed by atoms with Crippen LogP contribution in [0.3, 0.4) is 0 Å². The summed E-state index contributed by atoms with van der Waals surface area (Å²) in [4.78, 5) is 21.8. The normalized spacial score (nSPS) is 12.3. The number of carboxylic acid groups (broad SMARTS) is 1. The van der Waals surface area contributed by atoms with Crippen LogP contribution in [-0.2, 0) is 11.3 Å². The molecule has 6 nitrogen and oxygen atoms in total. The quantitative estimate of drug-likeness (QED) is 0.497. The van der Waals surface area contributed by atoms with Gasteiger partial charge in [0.15, 0.2) is 5.78 Å². The lowest BCUT2D eigenvalue weighted by molar-refractivity contribution is -0.138. The largest absolute Gasteiger partial charge is 0.506 e. The van der Waals surface area contributed by atoms with E-state index >= 15 is 0 Å². The molecule has 0 aliphatic heterocycles. The molecule has 0 saturated carbocycles. The van der Waals surface area contributed by atoms with E-state index < -0.39 is 12.0 Å². The summed E-state index contributed by atoms with van der Waals surface area (Å²) in [7, 11) is 0. The van der Waals surface area contributed by atoms with Crippen molar-refractivity contribution in [3.05, 3.63) is 18.0 Å². The fourth-order valence-electron chi connectivity index (χ4n) is 1.80. The predicted octanol–water partition coefficient (Wildman–Crippen LogP) is 0.978. The number of rotatable bonds is 7. The molecule has 6 heteroatoms. The van der Waals surface area contributed by atoms with Crippen molar-refractivity contribution < 1.29 is 19.8 Å². The highest BCUT2D eigenvalue weighted by Gasteiger charge is 2.13. The first-order valence-electron chi connectivity index (χ1n) is 5.81. The molecule has 0 radical (unpaired) electrons. The molecule has 0 amide bonds. The molecule has 1 heterocycles. The number of nitrogens with two attached hydrogens (primary N) is 1. The number of carboxylic acids is 1. The van der Waals surface area contributed by atoms with Crippen LogP contribution >= 0.6 is 0 Å². The first kappa shape index (κ1) is 14.2. The third-order valence-electron chi connectivity index (χ3n) is 2.76. The van der Waals surface area contributed by atoms with E-state index in [1.165, 1.54) is 13.0 Å². The summed E-state index contributed by atoms with van der Waals surface area (Å²) in [5.41, 5.74) is 5.67. The van der Waals surface area contributed by atoms with E-state index in [0.717, 1.165) is 0 Å². The Morgan fingerprint density at radius 3 is 2.67 bits per heavy atom. The highest BCUT2D eigenvalue weighted by Crippen LogP contribution is 2.19. The van der Waals surface area contributed by atoms with Crippen molar-refractivity contribution in [3.8, 4) is 5.75 Å². The second-order valence-electron chi connectivity index (χ2n) is 4.24. The van der Waals surface area contributed by atoms with Gasteiger partial charge in [0.05, 0.1) is 0 Å². The maximum atomic E-state index is 11.3. The molecular weight excluding hydrogens is 236 g/mol. The van der Waals surface area contributed by atoms with Gasteiger partial charge in [0.2, 0.25) is 0 Å². The highest BCUT2D eigenvalue weighted by atomic mass is 16.4. The average molecular weight is 254 g/mol. The zero-order valence-corrected chi connectivity index (χ0v) is 10.3. The lowest BCUT2D eigenvalue weighted by Crippen LogP contribution is -2.29. The highest BCUT2D eigenvalue weighted by molar-refractivity contribution is 5.95. The lowest BCUT2D eigenvalue weighted by Gasteiger charge is -2.08. The zero-order chi connectivity index (χ0) is 13.7. The molecule has 0 bridgehead atoms. The number of aromatic nitrogens is 1. The van der Waals surface area contributed by atoms with Crippen molar-refractivity contribution in [3.63, 3.8) is 0 Å². The lowest BCUT2D eigenvalue weighted by atomic mass is 10.1. The van der Waals surface area contributed by atoms with Crippen molar-refractivity contribution in [2.24, 2.45) is 5.73 Å². The average Bonchev–Trinajstić information content (AvgIpc) is 2.65. The molecule has 100 valence electrons. The van der Waals surface area contributed by atoms with Crippen molar-refractivity contribution >= 4 is 11.8 Å². The van der Waals surface area contributed by atoms with Crippen molar-refractivity contribution in [2.45, 2.75) is 38.8 Å². The van der Waals surface area contributed by atoms with Gasteiger partial charge in [-0.2, -0.15) is 0 Å². The number of Topliss-reactive ketones (excluding diaryl/α,β-unsaturated/α-hetero) is 1. The number of carbonyl (C=O) groups is 2. The molecule has 1 rings (SSSR count). The van der Waals surface area contributed by atoms with Crippen LogP contribution < -0.4 is 5.73 Å². The van der Waals surface area contributed by atoms with Gasteiger partial charge in [0.1, 0.15) is 17.5 Å². The number of nitrogens with zero attached hydrogens (tertiary/aromatic N) is 1. The molecule has 0 aliphatic rings. The van der Waals surface area contributed by atoms with Gasteiger partial charge in [0.25, 0.3) is 0 Å². The molecule has 18 heavy (non-hydrogen) atoms. The molecule has 0 fully saturated rings. The van der Waals surface area contributed by atoms with E-state index in [-0.39, 0.29) is 17.2 Å². The van der Waals surface area contributed by atoms with Gasteiger partial charge < -0.3 is 20.5 Å². The number of hydrogen-bond acceptors (Lipinski definition) is 4. The summed E-state index contributed by atoms with van der Waals surface area (Å²) in [5.74, 6) is -1.22. The van der Waals surface area contributed by atoms with Crippen molar-refractivity contribution in [1.29, 1.82) is 0 Å². The number of aromatic hydroxyl groups is 1. The van der Waals surface area contributed by atoms with Crippen molar-refractivity contribution in [1.82, 2.24) is 4.57 Å². The second-order valence-corrected chi connectivity index (χ2v) is 4.24. The van der Waals surface area contributed by atoms with E-state index in [9.17, 15) is 14.7 Å². The van der Waals surface area contributed by atoms with Gasteiger partial charge in [-0.3, -0.25) is 9.59 Å². The van der Waals surface area contributed by atoms with Crippen LogP contribution in [0.4, 0.5) is 0 Å². The Morgan fingerprint density at radius 1 is 1.44 bits per heavy atom. The second kappa shape index (κ2) is 6.20. The molecule has 1 aromatic rings. The Kier molecular flexibility index (Phi) is 4.91. The SMILES string of the molecule is CC(=O)c1c(O)ccn1CCCCC(N)C(=O)O. The van der Waals surface area contributed by atoms with Gasteiger partial charge in [0, 0.05) is 19.7 Å². The van der Waals surface area contributed by atoms with Crippen LogP contribution in [0.25, 0.3) is 0 Å². The van der Waals surface area contributed by atoms with E-state index in [1.807, 2.05) is 0 Å². The van der Waals surface area contributed by atoms with E-state index in [2.05, 4.69) is 0 Å². The van der Waals surface area contributed by atoms with E-state index in [4.69, 9.17) is 10.8 Å². The van der Waals surface area contributed by atoms with Crippen LogP contribution in [0.2, 0.25) is 0 Å². The Hall–Kier alpha value is -1.82. The monoisotopic (exact) mass is 254 g/mol. The van der Waals surface area contributed by atoms with Crippen LogP contribution in [-0.4, -0.2) is 32.6 Å². The van der Waals surface area contributed by atoms with Gasteiger partial charge in [-0.15, -0.1) is 0 Å². The van der Waals surface area contributed by atoms with Crippen LogP contribution in [0.1, 0.15) is 36.7 Å². The summed E-state index contributed by atoms with van der Waals surface area (Å²) >= 11 is 0. The number of carbonyl (C=O) groups excluding carboxylic acids is 1. The van der Waals surface area contributed by atoms with Crippen molar-refractivity contribution in [2.75, 3.05) is 0 Å². The molecule has 1 aromatic heterocycles. The predicted molar refractivity (Wildman–Crippen MR) is 65.6 cm³/mol. The summed E-state index contributed by atoms with van der Waals surface area (Å²) in [5, 5.41) is 18.1. The number of unbranched alkanes of at least 4 members (excludes halogenated alkanes) is 1. The summed E-state index contributed by atoms with van der Waals surface area (Å²) in [6.07, 6.45) is 3.40. The van der Waals surface area contributed by atoms with Gasteiger partial charge in [-0.1, -0.05) is 0 Å². The molecular formula is C12H18N2O4. The maximum absolute atomic E-state index is 11.3. The third kappa shape index (κ3) is 3.59. The van der Waals surface area contributed by atoms with Crippen LogP contribution in [0.5, 0.6) is 5.75 Å². The molecule has 1 unspecified atom stereocenters. The first-order chi connectivity index (χ1) is 8.43. The Balaban J connectivity index is 2.45.